The van der Waals surface area contributed by atoms with E-state index in [9.17, 15) is 4.79 Å². The molecule has 138 valence electrons. The molecule has 3 rings (SSSR count). The molecule has 0 aliphatic heterocycles. The Morgan fingerprint density at radius 2 is 1.89 bits per heavy atom. The van der Waals surface area contributed by atoms with Gasteiger partial charge in [0.1, 0.15) is 11.6 Å². The summed E-state index contributed by atoms with van der Waals surface area (Å²) in [5.74, 6) is 0.717. The van der Waals surface area contributed by atoms with Crippen molar-refractivity contribution in [3.63, 3.8) is 0 Å². The fourth-order valence-corrected chi connectivity index (χ4v) is 3.29. The van der Waals surface area contributed by atoms with Gasteiger partial charge in [0, 0.05) is 22.6 Å². The van der Waals surface area contributed by atoms with Gasteiger partial charge in [0.15, 0.2) is 11.5 Å². The Morgan fingerprint density at radius 1 is 1.07 bits per heavy atom. The van der Waals surface area contributed by atoms with Crippen molar-refractivity contribution in [1.82, 2.24) is 4.98 Å². The van der Waals surface area contributed by atoms with E-state index in [1.54, 1.807) is 26.4 Å². The van der Waals surface area contributed by atoms with Crippen LogP contribution in [0.15, 0.2) is 60.0 Å². The fraction of sp³-hybridized carbons (Fsp3) is 0.143. The van der Waals surface area contributed by atoms with Crippen LogP contribution < -0.4 is 9.47 Å². The number of hydrogen-bond acceptors (Lipinski definition) is 6. The van der Waals surface area contributed by atoms with E-state index < -0.39 is 5.97 Å². The summed E-state index contributed by atoms with van der Waals surface area (Å²) in [6.45, 7) is 0.127. The Hall–Kier alpha value is -3.12. The number of thiazole rings is 1. The first-order valence-electron chi connectivity index (χ1n) is 8.27. The lowest BCUT2D eigenvalue weighted by atomic mass is 10.1. The molecule has 0 atom stereocenters. The van der Waals surface area contributed by atoms with Crippen molar-refractivity contribution in [1.29, 1.82) is 0 Å². The SMILES string of the molecule is COc1cccc(C=CC(=O)OCc2csc(-c3ccccc3)n2)c1OC. The first-order chi connectivity index (χ1) is 13.2. The zero-order chi connectivity index (χ0) is 19.1. The maximum absolute atomic E-state index is 12.0. The highest BCUT2D eigenvalue weighted by atomic mass is 32.1. The van der Waals surface area contributed by atoms with E-state index in [0.29, 0.717) is 11.5 Å². The van der Waals surface area contributed by atoms with Gasteiger partial charge in [0.05, 0.1) is 19.9 Å². The quantitative estimate of drug-likeness (QED) is 0.443. The van der Waals surface area contributed by atoms with Crippen molar-refractivity contribution in [2.45, 2.75) is 6.61 Å². The molecule has 0 saturated heterocycles. The van der Waals surface area contributed by atoms with Gasteiger partial charge in [-0.25, -0.2) is 9.78 Å². The molecule has 2 aromatic carbocycles. The molecule has 5 nitrogen and oxygen atoms in total. The van der Waals surface area contributed by atoms with Crippen LogP contribution in [0, 0.1) is 0 Å². The zero-order valence-corrected chi connectivity index (χ0v) is 15.9. The van der Waals surface area contributed by atoms with Gasteiger partial charge >= 0.3 is 5.97 Å². The molecule has 1 aromatic heterocycles. The molecule has 1 heterocycles. The number of aromatic nitrogens is 1. The predicted molar refractivity (Wildman–Crippen MR) is 106 cm³/mol. The minimum atomic E-state index is -0.450. The second kappa shape index (κ2) is 9.00. The van der Waals surface area contributed by atoms with Gasteiger partial charge in [-0.15, -0.1) is 11.3 Å². The molecule has 0 fully saturated rings. The molecule has 3 aromatic rings. The molecule has 0 amide bonds. The zero-order valence-electron chi connectivity index (χ0n) is 15.0. The van der Waals surface area contributed by atoms with Gasteiger partial charge in [-0.2, -0.15) is 0 Å². The lowest BCUT2D eigenvalue weighted by Gasteiger charge is -2.09. The first-order valence-corrected chi connectivity index (χ1v) is 9.15. The summed E-state index contributed by atoms with van der Waals surface area (Å²) in [6.07, 6.45) is 3.00. The second-order valence-electron chi connectivity index (χ2n) is 5.53. The highest BCUT2D eigenvalue weighted by Gasteiger charge is 2.09. The van der Waals surface area contributed by atoms with Crippen LogP contribution in [0.2, 0.25) is 0 Å². The maximum atomic E-state index is 12.0. The van der Waals surface area contributed by atoms with Crippen molar-refractivity contribution in [3.05, 3.63) is 71.2 Å². The van der Waals surface area contributed by atoms with Crippen LogP contribution in [-0.2, 0) is 16.1 Å². The third-order valence-corrected chi connectivity index (χ3v) is 4.71. The highest BCUT2D eigenvalue weighted by Crippen LogP contribution is 2.31. The van der Waals surface area contributed by atoms with Gasteiger partial charge < -0.3 is 14.2 Å². The number of hydrogen-bond donors (Lipinski definition) is 0. The number of nitrogens with zero attached hydrogens (tertiary/aromatic N) is 1. The van der Waals surface area contributed by atoms with Crippen molar-refractivity contribution in [3.8, 4) is 22.1 Å². The van der Waals surface area contributed by atoms with Crippen LogP contribution >= 0.6 is 11.3 Å². The largest absolute Gasteiger partial charge is 0.493 e. The van der Waals surface area contributed by atoms with Gasteiger partial charge in [0.25, 0.3) is 0 Å². The Labute approximate surface area is 161 Å². The van der Waals surface area contributed by atoms with Gasteiger partial charge in [-0.1, -0.05) is 42.5 Å². The average molecular weight is 381 g/mol. The minimum absolute atomic E-state index is 0.127. The molecule has 0 aliphatic rings. The summed E-state index contributed by atoms with van der Waals surface area (Å²) < 4.78 is 15.9. The van der Waals surface area contributed by atoms with Gasteiger partial charge in [0.2, 0.25) is 0 Å². The molecule has 0 unspecified atom stereocenters. The molecule has 27 heavy (non-hydrogen) atoms. The number of para-hydroxylation sites is 1. The van der Waals surface area contributed by atoms with E-state index in [1.165, 1.54) is 17.4 Å². The predicted octanol–water partition coefficient (Wildman–Crippen LogP) is 4.58. The normalized spacial score (nSPS) is 10.7. The third kappa shape index (κ3) is 4.74. The molecule has 0 saturated carbocycles. The van der Waals surface area contributed by atoms with Crippen molar-refractivity contribution in [2.24, 2.45) is 0 Å². The van der Waals surface area contributed by atoms with Crippen LogP contribution in [0.5, 0.6) is 11.5 Å². The number of benzene rings is 2. The molecule has 0 bridgehead atoms. The first kappa shape index (κ1) is 18.7. The summed E-state index contributed by atoms with van der Waals surface area (Å²) in [5.41, 5.74) is 2.50. The highest BCUT2D eigenvalue weighted by molar-refractivity contribution is 7.13. The van der Waals surface area contributed by atoms with Gasteiger partial charge in [-0.05, 0) is 12.1 Å². The summed E-state index contributed by atoms with van der Waals surface area (Å²) in [5, 5.41) is 2.79. The van der Waals surface area contributed by atoms with Crippen molar-refractivity contribution < 1.29 is 19.0 Å². The smallest absolute Gasteiger partial charge is 0.331 e. The summed E-state index contributed by atoms with van der Waals surface area (Å²) in [6, 6.07) is 15.3. The number of carbonyl (C=O) groups excluding carboxylic acids is 1. The second-order valence-corrected chi connectivity index (χ2v) is 6.39. The molecule has 0 N–H and O–H groups in total. The molecule has 0 spiro atoms. The molecule has 6 heteroatoms. The van der Waals surface area contributed by atoms with E-state index in [1.807, 2.05) is 47.8 Å². The average Bonchev–Trinajstić information content (AvgIpc) is 3.20. The van der Waals surface area contributed by atoms with Gasteiger partial charge in [-0.3, -0.25) is 0 Å². The third-order valence-electron chi connectivity index (χ3n) is 3.77. The molecule has 0 radical (unpaired) electrons. The lowest BCUT2D eigenvalue weighted by molar-refractivity contribution is -0.139. The Kier molecular flexibility index (Phi) is 6.22. The van der Waals surface area contributed by atoms with Crippen LogP contribution in [0.4, 0.5) is 0 Å². The van der Waals surface area contributed by atoms with Crippen LogP contribution in [-0.4, -0.2) is 25.2 Å². The number of esters is 1. The number of ether oxygens (including phenoxy) is 3. The minimum Gasteiger partial charge on any atom is -0.493 e. The standard InChI is InChI=1S/C21H19NO4S/c1-24-18-10-6-9-15(20(18)25-2)11-12-19(23)26-13-17-14-27-21(22-17)16-7-4-3-5-8-16/h3-12,14H,13H2,1-2H3. The topological polar surface area (TPSA) is 57.7 Å². The molecule has 0 aliphatic carbocycles. The van der Waals surface area contributed by atoms with Crippen LogP contribution in [0.1, 0.15) is 11.3 Å². The number of methoxy groups -OCH3 is 2. The number of rotatable bonds is 7. The number of carbonyl (C=O) groups is 1. The van der Waals surface area contributed by atoms with E-state index in [2.05, 4.69) is 4.98 Å². The molecular weight excluding hydrogens is 362 g/mol. The van der Waals surface area contributed by atoms with Crippen molar-refractivity contribution >= 4 is 23.4 Å². The van der Waals surface area contributed by atoms with E-state index >= 15 is 0 Å². The molecular formula is C21H19NO4S. The monoisotopic (exact) mass is 381 g/mol. The summed E-state index contributed by atoms with van der Waals surface area (Å²) in [4.78, 5) is 16.5. The van der Waals surface area contributed by atoms with Crippen molar-refractivity contribution in [2.75, 3.05) is 14.2 Å². The summed E-state index contributed by atoms with van der Waals surface area (Å²) in [7, 11) is 3.12. The van der Waals surface area contributed by atoms with E-state index in [0.717, 1.165) is 21.8 Å². The lowest BCUT2D eigenvalue weighted by Crippen LogP contribution is -2.01. The Bertz CT molecular complexity index is 934. The van der Waals surface area contributed by atoms with Crippen LogP contribution in [0.3, 0.4) is 0 Å². The maximum Gasteiger partial charge on any atom is 0.331 e. The van der Waals surface area contributed by atoms with Crippen LogP contribution in [0.25, 0.3) is 16.6 Å². The summed E-state index contributed by atoms with van der Waals surface area (Å²) >= 11 is 1.52. The fourth-order valence-electron chi connectivity index (χ4n) is 2.48. The Morgan fingerprint density at radius 3 is 2.63 bits per heavy atom. The Balaban J connectivity index is 1.61. The van der Waals surface area contributed by atoms with E-state index in [4.69, 9.17) is 14.2 Å². The van der Waals surface area contributed by atoms with E-state index in [-0.39, 0.29) is 6.61 Å².